The highest BCUT2D eigenvalue weighted by Gasteiger charge is 2.21. The van der Waals surface area contributed by atoms with E-state index in [-0.39, 0.29) is 12.7 Å². The van der Waals surface area contributed by atoms with Gasteiger partial charge in [-0.05, 0) is 19.1 Å². The summed E-state index contributed by atoms with van der Waals surface area (Å²) in [6.45, 7) is 4.76. The van der Waals surface area contributed by atoms with E-state index in [1.54, 1.807) is 0 Å². The Morgan fingerprint density at radius 2 is 2.10 bits per heavy atom. The molecule has 0 aliphatic carbocycles. The molecular weight excluding hydrogens is 270 g/mol. The van der Waals surface area contributed by atoms with Gasteiger partial charge in [-0.2, -0.15) is 0 Å². The smallest absolute Gasteiger partial charge is 0.247 e. The molecule has 1 saturated heterocycles. The molecule has 3 rings (SSSR count). The van der Waals surface area contributed by atoms with Crippen LogP contribution in [0.2, 0.25) is 0 Å². The molecule has 1 aliphatic rings. The van der Waals surface area contributed by atoms with Gasteiger partial charge in [-0.15, -0.1) is 10.2 Å². The van der Waals surface area contributed by atoms with Crippen LogP contribution >= 0.6 is 0 Å². The first kappa shape index (κ1) is 14.2. The van der Waals surface area contributed by atoms with Gasteiger partial charge < -0.3 is 14.3 Å². The van der Waals surface area contributed by atoms with E-state index in [4.69, 9.17) is 14.3 Å². The number of nitrogens with zero attached hydrogens (tertiary/aromatic N) is 3. The Balaban J connectivity index is 1.66. The molecule has 1 aliphatic heterocycles. The van der Waals surface area contributed by atoms with Crippen LogP contribution in [0.3, 0.4) is 0 Å². The van der Waals surface area contributed by atoms with Gasteiger partial charge in [-0.3, -0.25) is 4.90 Å². The van der Waals surface area contributed by atoms with Crippen LogP contribution in [0.1, 0.15) is 11.5 Å². The van der Waals surface area contributed by atoms with Crippen LogP contribution in [0.5, 0.6) is 0 Å². The van der Waals surface area contributed by atoms with Gasteiger partial charge in [0.15, 0.2) is 0 Å². The first-order chi connectivity index (χ1) is 10.2. The second kappa shape index (κ2) is 6.34. The van der Waals surface area contributed by atoms with Gasteiger partial charge in [-0.1, -0.05) is 17.7 Å². The molecule has 0 bridgehead atoms. The SMILES string of the molecule is Cc1ccc(-c2nnc(CN3CCOC(CO)C3)o2)cc1. The largest absolute Gasteiger partial charge is 0.419 e. The summed E-state index contributed by atoms with van der Waals surface area (Å²) in [5, 5.41) is 17.3. The first-order valence-corrected chi connectivity index (χ1v) is 7.09. The molecule has 2 heterocycles. The topological polar surface area (TPSA) is 71.6 Å². The van der Waals surface area contributed by atoms with Crippen LogP contribution in [0.25, 0.3) is 11.5 Å². The highest BCUT2D eigenvalue weighted by atomic mass is 16.5. The number of ether oxygens (including phenoxy) is 1. The average Bonchev–Trinajstić information content (AvgIpc) is 2.96. The molecule has 0 saturated carbocycles. The van der Waals surface area contributed by atoms with Gasteiger partial charge in [0.05, 0.1) is 25.9 Å². The molecule has 2 aromatic rings. The van der Waals surface area contributed by atoms with E-state index in [1.807, 2.05) is 31.2 Å². The van der Waals surface area contributed by atoms with E-state index in [0.717, 1.165) is 12.1 Å². The number of rotatable bonds is 4. The van der Waals surface area contributed by atoms with Crippen molar-refractivity contribution in [3.8, 4) is 11.5 Å². The van der Waals surface area contributed by atoms with E-state index < -0.39 is 0 Å². The van der Waals surface area contributed by atoms with Crippen molar-refractivity contribution in [2.75, 3.05) is 26.3 Å². The number of hydrogen-bond donors (Lipinski definition) is 1. The van der Waals surface area contributed by atoms with Gasteiger partial charge in [0.25, 0.3) is 0 Å². The number of hydrogen-bond acceptors (Lipinski definition) is 6. The zero-order valence-electron chi connectivity index (χ0n) is 12.0. The molecular formula is C15H19N3O3. The zero-order chi connectivity index (χ0) is 14.7. The summed E-state index contributed by atoms with van der Waals surface area (Å²) >= 11 is 0. The lowest BCUT2D eigenvalue weighted by molar-refractivity contribution is -0.0568. The van der Waals surface area contributed by atoms with Crippen molar-refractivity contribution in [1.29, 1.82) is 0 Å². The molecule has 1 aromatic carbocycles. The highest BCUT2D eigenvalue weighted by Crippen LogP contribution is 2.19. The minimum Gasteiger partial charge on any atom is -0.419 e. The number of benzene rings is 1. The minimum absolute atomic E-state index is 0.0367. The summed E-state index contributed by atoms with van der Waals surface area (Å²) in [6.07, 6.45) is -0.127. The third-order valence-electron chi connectivity index (χ3n) is 3.55. The molecule has 0 amide bonds. The van der Waals surface area contributed by atoms with Crippen molar-refractivity contribution in [2.45, 2.75) is 19.6 Å². The Kier molecular flexibility index (Phi) is 4.28. The number of morpholine rings is 1. The molecule has 1 atom stereocenters. The van der Waals surface area contributed by atoms with Gasteiger partial charge in [-0.25, -0.2) is 0 Å². The molecule has 112 valence electrons. The number of aromatic nitrogens is 2. The van der Waals surface area contributed by atoms with Crippen LogP contribution in [0.4, 0.5) is 0 Å². The summed E-state index contributed by atoms with van der Waals surface area (Å²) in [4.78, 5) is 2.15. The monoisotopic (exact) mass is 289 g/mol. The molecule has 6 nitrogen and oxygen atoms in total. The van der Waals surface area contributed by atoms with Crippen LogP contribution in [0, 0.1) is 6.92 Å². The molecule has 1 unspecified atom stereocenters. The van der Waals surface area contributed by atoms with Gasteiger partial charge in [0.2, 0.25) is 11.8 Å². The van der Waals surface area contributed by atoms with E-state index >= 15 is 0 Å². The maximum atomic E-state index is 9.15. The normalized spacial score (nSPS) is 19.8. The molecule has 21 heavy (non-hydrogen) atoms. The third-order valence-corrected chi connectivity index (χ3v) is 3.55. The molecule has 0 spiro atoms. The third kappa shape index (κ3) is 3.47. The molecule has 1 N–H and O–H groups in total. The minimum atomic E-state index is -0.127. The van der Waals surface area contributed by atoms with Crippen LogP contribution in [-0.2, 0) is 11.3 Å². The van der Waals surface area contributed by atoms with Crippen LogP contribution in [0.15, 0.2) is 28.7 Å². The van der Waals surface area contributed by atoms with Crippen molar-refractivity contribution in [3.63, 3.8) is 0 Å². The molecule has 0 radical (unpaired) electrons. The summed E-state index contributed by atoms with van der Waals surface area (Å²) in [7, 11) is 0. The zero-order valence-corrected chi connectivity index (χ0v) is 12.0. The molecule has 6 heteroatoms. The standard InChI is InChI=1S/C15H19N3O3/c1-11-2-4-12(5-3-11)15-17-16-14(21-15)9-18-6-7-20-13(8-18)10-19/h2-5,13,19H,6-10H2,1H3. The maximum Gasteiger partial charge on any atom is 0.247 e. The van der Waals surface area contributed by atoms with Gasteiger partial charge in [0, 0.05) is 18.7 Å². The predicted molar refractivity (Wildman–Crippen MR) is 76.6 cm³/mol. The summed E-state index contributed by atoms with van der Waals surface area (Å²) in [5.74, 6) is 1.13. The van der Waals surface area contributed by atoms with E-state index in [9.17, 15) is 0 Å². The Morgan fingerprint density at radius 3 is 2.86 bits per heavy atom. The second-order valence-corrected chi connectivity index (χ2v) is 5.28. The van der Waals surface area contributed by atoms with E-state index in [1.165, 1.54) is 5.56 Å². The fourth-order valence-electron chi connectivity index (χ4n) is 2.36. The van der Waals surface area contributed by atoms with Gasteiger partial charge in [0.1, 0.15) is 0 Å². The fourth-order valence-corrected chi connectivity index (χ4v) is 2.36. The van der Waals surface area contributed by atoms with Crippen LogP contribution < -0.4 is 0 Å². The number of aliphatic hydroxyl groups excluding tert-OH is 1. The Hall–Kier alpha value is -1.76. The number of aryl methyl sites for hydroxylation is 1. The molecule has 1 fully saturated rings. The quantitative estimate of drug-likeness (QED) is 0.913. The van der Waals surface area contributed by atoms with Crippen molar-refractivity contribution in [1.82, 2.24) is 15.1 Å². The average molecular weight is 289 g/mol. The summed E-state index contributed by atoms with van der Waals surface area (Å²) in [6, 6.07) is 7.99. The van der Waals surface area contributed by atoms with E-state index in [2.05, 4.69) is 15.1 Å². The second-order valence-electron chi connectivity index (χ2n) is 5.28. The fraction of sp³-hybridized carbons (Fsp3) is 0.467. The van der Waals surface area contributed by atoms with Crippen molar-refractivity contribution in [3.05, 3.63) is 35.7 Å². The Morgan fingerprint density at radius 1 is 1.29 bits per heavy atom. The van der Waals surface area contributed by atoms with Crippen molar-refractivity contribution < 1.29 is 14.3 Å². The Bertz CT molecular complexity index is 582. The molecule has 1 aromatic heterocycles. The lowest BCUT2D eigenvalue weighted by Crippen LogP contribution is -2.43. The Labute approximate surface area is 123 Å². The lowest BCUT2D eigenvalue weighted by Gasteiger charge is -2.30. The predicted octanol–water partition coefficient (Wildman–Crippen LogP) is 1.24. The van der Waals surface area contributed by atoms with Crippen molar-refractivity contribution >= 4 is 0 Å². The summed E-state index contributed by atoms with van der Waals surface area (Å²) < 4.78 is 11.1. The maximum absolute atomic E-state index is 9.15. The van der Waals surface area contributed by atoms with Gasteiger partial charge >= 0.3 is 0 Å². The first-order valence-electron chi connectivity index (χ1n) is 7.09. The van der Waals surface area contributed by atoms with E-state index in [0.29, 0.717) is 31.5 Å². The van der Waals surface area contributed by atoms with Crippen molar-refractivity contribution in [2.24, 2.45) is 0 Å². The summed E-state index contributed by atoms with van der Waals surface area (Å²) in [5.41, 5.74) is 2.12. The lowest BCUT2D eigenvalue weighted by atomic mass is 10.1. The van der Waals surface area contributed by atoms with Crippen LogP contribution in [-0.4, -0.2) is 52.6 Å². The number of aliphatic hydroxyl groups is 1. The highest BCUT2D eigenvalue weighted by molar-refractivity contribution is 5.52.